The second-order valence-corrected chi connectivity index (χ2v) is 4.73. The third-order valence-electron chi connectivity index (χ3n) is 2.28. The lowest BCUT2D eigenvalue weighted by atomic mass is 10.1. The highest BCUT2D eigenvalue weighted by atomic mass is 79.9. The minimum atomic E-state index is -4.36. The van der Waals surface area contributed by atoms with Crippen LogP contribution in [-0.4, -0.2) is 13.3 Å². The zero-order valence-corrected chi connectivity index (χ0v) is 10.9. The highest BCUT2D eigenvalue weighted by molar-refractivity contribution is 9.09. The number of benzene rings is 1. The van der Waals surface area contributed by atoms with Gasteiger partial charge in [-0.2, -0.15) is 13.2 Å². The Morgan fingerprint density at radius 1 is 1.22 bits per heavy atom. The number of halogens is 6. The number of methoxy groups -OCH3 is 1. The first-order valence-corrected chi connectivity index (χ1v) is 5.90. The number of rotatable bonds is 4. The van der Waals surface area contributed by atoms with Crippen LogP contribution >= 0.6 is 15.9 Å². The second-order valence-electron chi connectivity index (χ2n) is 3.63. The molecule has 0 heterocycles. The van der Waals surface area contributed by atoms with E-state index in [1.54, 1.807) is 0 Å². The summed E-state index contributed by atoms with van der Waals surface area (Å²) in [5.41, 5.74) is -0.417. The molecule has 0 N–H and O–H groups in total. The van der Waals surface area contributed by atoms with Crippen molar-refractivity contribution in [2.45, 2.75) is 23.8 Å². The molecule has 0 aromatic heterocycles. The van der Waals surface area contributed by atoms with Gasteiger partial charge in [0, 0.05) is 28.9 Å². The first-order valence-electron chi connectivity index (χ1n) is 4.98. The predicted octanol–water partition coefficient (Wildman–Crippen LogP) is 4.75. The summed E-state index contributed by atoms with van der Waals surface area (Å²) in [7, 11) is 1.24. The molecule has 0 spiro atoms. The Morgan fingerprint density at radius 2 is 1.72 bits per heavy atom. The van der Waals surface area contributed by atoms with Crippen LogP contribution in [-0.2, 0) is 0 Å². The van der Waals surface area contributed by atoms with Crippen LogP contribution in [0.5, 0.6) is 5.75 Å². The molecule has 1 unspecified atom stereocenters. The Bertz CT molecular complexity index is 395. The van der Waals surface area contributed by atoms with Crippen LogP contribution in [0.25, 0.3) is 0 Å². The maximum Gasteiger partial charge on any atom is 0.389 e. The van der Waals surface area contributed by atoms with Crippen molar-refractivity contribution in [3.05, 3.63) is 29.3 Å². The highest BCUT2D eigenvalue weighted by Gasteiger charge is 2.29. The summed E-state index contributed by atoms with van der Waals surface area (Å²) in [6, 6.07) is 1.86. The fourth-order valence-electron chi connectivity index (χ4n) is 1.41. The van der Waals surface area contributed by atoms with Crippen molar-refractivity contribution in [1.29, 1.82) is 0 Å². The van der Waals surface area contributed by atoms with E-state index in [2.05, 4.69) is 20.7 Å². The van der Waals surface area contributed by atoms with Crippen LogP contribution in [0.1, 0.15) is 23.2 Å². The molecule has 1 atom stereocenters. The maximum absolute atomic E-state index is 13.5. The topological polar surface area (TPSA) is 9.23 Å². The highest BCUT2D eigenvalue weighted by Crippen LogP contribution is 2.36. The van der Waals surface area contributed by atoms with Gasteiger partial charge in [-0.1, -0.05) is 15.9 Å². The number of hydrogen-bond acceptors (Lipinski definition) is 1. The first kappa shape index (κ1) is 15.2. The lowest BCUT2D eigenvalue weighted by Gasteiger charge is -2.14. The molecule has 0 aliphatic carbocycles. The van der Waals surface area contributed by atoms with Gasteiger partial charge in [0.2, 0.25) is 0 Å². The molecule has 0 saturated carbocycles. The number of alkyl halides is 4. The van der Waals surface area contributed by atoms with Crippen LogP contribution in [0.2, 0.25) is 0 Å². The fourth-order valence-corrected chi connectivity index (χ4v) is 2.08. The molecule has 1 rings (SSSR count). The van der Waals surface area contributed by atoms with Crippen LogP contribution in [0.3, 0.4) is 0 Å². The van der Waals surface area contributed by atoms with E-state index in [1.807, 2.05) is 0 Å². The Kier molecular flexibility index (Phi) is 4.95. The lowest BCUT2D eigenvalue weighted by molar-refractivity contribution is -0.135. The number of ether oxygens (including phenoxy) is 1. The lowest BCUT2D eigenvalue weighted by Crippen LogP contribution is -2.09. The van der Waals surface area contributed by atoms with Gasteiger partial charge in [0.1, 0.15) is 17.4 Å². The standard InChI is InChI=1S/C11H10BrF5O/c1-18-6-4-8(13)10(9(14)5-6)7(12)2-3-11(15,16)17/h4-5,7H,2-3H2,1H3. The van der Waals surface area contributed by atoms with E-state index in [1.165, 1.54) is 7.11 Å². The van der Waals surface area contributed by atoms with Gasteiger partial charge >= 0.3 is 6.18 Å². The molecule has 1 aromatic carbocycles. The van der Waals surface area contributed by atoms with E-state index < -0.39 is 41.0 Å². The van der Waals surface area contributed by atoms with E-state index in [0.717, 1.165) is 12.1 Å². The first-order chi connectivity index (χ1) is 8.24. The average Bonchev–Trinajstić information content (AvgIpc) is 2.24. The van der Waals surface area contributed by atoms with Crippen molar-refractivity contribution in [2.75, 3.05) is 7.11 Å². The van der Waals surface area contributed by atoms with Gasteiger partial charge < -0.3 is 4.74 Å². The summed E-state index contributed by atoms with van der Waals surface area (Å²) in [5, 5.41) is 0. The van der Waals surface area contributed by atoms with Gasteiger partial charge in [-0.3, -0.25) is 0 Å². The molecule has 102 valence electrons. The van der Waals surface area contributed by atoms with Crippen molar-refractivity contribution in [3.63, 3.8) is 0 Å². The molecule has 0 aliphatic rings. The summed E-state index contributed by atoms with van der Waals surface area (Å²) in [5.74, 6) is -1.89. The molecule has 7 heteroatoms. The van der Waals surface area contributed by atoms with Gasteiger partial charge in [-0.25, -0.2) is 8.78 Å². The van der Waals surface area contributed by atoms with Gasteiger partial charge in [0.25, 0.3) is 0 Å². The van der Waals surface area contributed by atoms with Crippen molar-refractivity contribution < 1.29 is 26.7 Å². The Balaban J connectivity index is 2.89. The summed E-state index contributed by atoms with van der Waals surface area (Å²) < 4.78 is 67.8. The molecular weight excluding hydrogens is 323 g/mol. The van der Waals surface area contributed by atoms with E-state index >= 15 is 0 Å². The van der Waals surface area contributed by atoms with Crippen molar-refractivity contribution >= 4 is 15.9 Å². The zero-order chi connectivity index (χ0) is 13.9. The van der Waals surface area contributed by atoms with Gasteiger partial charge in [-0.05, 0) is 6.42 Å². The third kappa shape index (κ3) is 4.12. The molecule has 0 aliphatic heterocycles. The minimum absolute atomic E-state index is 0.0238. The molecule has 18 heavy (non-hydrogen) atoms. The Labute approximate surface area is 109 Å². The molecule has 0 bridgehead atoms. The second kappa shape index (κ2) is 5.86. The molecule has 0 radical (unpaired) electrons. The Morgan fingerprint density at radius 3 is 2.11 bits per heavy atom. The van der Waals surface area contributed by atoms with Crippen LogP contribution in [0.4, 0.5) is 22.0 Å². The molecular formula is C11H10BrF5O. The van der Waals surface area contributed by atoms with Crippen LogP contribution in [0, 0.1) is 11.6 Å². The van der Waals surface area contributed by atoms with E-state index in [4.69, 9.17) is 0 Å². The summed E-state index contributed by atoms with van der Waals surface area (Å²) >= 11 is 2.87. The average molecular weight is 333 g/mol. The van der Waals surface area contributed by atoms with E-state index in [0.29, 0.717) is 0 Å². The normalized spacial score (nSPS) is 13.5. The van der Waals surface area contributed by atoms with E-state index in [9.17, 15) is 22.0 Å². The summed E-state index contributed by atoms with van der Waals surface area (Å²) in [6.07, 6.45) is -5.91. The third-order valence-corrected chi connectivity index (χ3v) is 3.20. The minimum Gasteiger partial charge on any atom is -0.497 e. The number of hydrogen-bond donors (Lipinski definition) is 0. The van der Waals surface area contributed by atoms with Gasteiger partial charge in [0.15, 0.2) is 0 Å². The van der Waals surface area contributed by atoms with Crippen LogP contribution < -0.4 is 4.74 Å². The Hall–Kier alpha value is -0.850. The SMILES string of the molecule is COc1cc(F)c(C(Br)CCC(F)(F)F)c(F)c1. The van der Waals surface area contributed by atoms with Gasteiger partial charge in [-0.15, -0.1) is 0 Å². The van der Waals surface area contributed by atoms with E-state index in [-0.39, 0.29) is 5.75 Å². The molecule has 0 fully saturated rings. The quantitative estimate of drug-likeness (QED) is 0.571. The largest absolute Gasteiger partial charge is 0.497 e. The smallest absolute Gasteiger partial charge is 0.389 e. The van der Waals surface area contributed by atoms with Gasteiger partial charge in [0.05, 0.1) is 7.11 Å². The van der Waals surface area contributed by atoms with Crippen molar-refractivity contribution in [1.82, 2.24) is 0 Å². The molecule has 1 aromatic rings. The zero-order valence-electron chi connectivity index (χ0n) is 9.32. The van der Waals surface area contributed by atoms with Crippen molar-refractivity contribution in [2.24, 2.45) is 0 Å². The summed E-state index contributed by atoms with van der Waals surface area (Å²) in [4.78, 5) is -1.04. The van der Waals surface area contributed by atoms with Crippen LogP contribution in [0.15, 0.2) is 12.1 Å². The maximum atomic E-state index is 13.5. The predicted molar refractivity (Wildman–Crippen MR) is 59.9 cm³/mol. The van der Waals surface area contributed by atoms with Crippen molar-refractivity contribution in [3.8, 4) is 5.75 Å². The monoisotopic (exact) mass is 332 g/mol. The molecule has 0 saturated heterocycles. The summed E-state index contributed by atoms with van der Waals surface area (Å²) in [6.45, 7) is 0. The fraction of sp³-hybridized carbons (Fsp3) is 0.455. The molecule has 0 amide bonds. The molecule has 1 nitrogen and oxygen atoms in total.